The molecule has 0 amide bonds. The highest BCUT2D eigenvalue weighted by Gasteiger charge is 2.24. The fourth-order valence-corrected chi connectivity index (χ4v) is 2.83. The molecule has 1 N–H and O–H groups in total. The predicted molar refractivity (Wildman–Crippen MR) is 75.1 cm³/mol. The summed E-state index contributed by atoms with van der Waals surface area (Å²) in [6, 6.07) is 0. The third-order valence-corrected chi connectivity index (χ3v) is 3.80. The Kier molecular flexibility index (Phi) is 5.16. The number of carbonyl (C=O) groups is 2. The average molecular weight is 276 g/mol. The molecule has 20 heavy (non-hydrogen) atoms. The second-order valence-electron chi connectivity index (χ2n) is 5.20. The zero-order valence-electron chi connectivity index (χ0n) is 11.5. The maximum absolute atomic E-state index is 11.5. The van der Waals surface area contributed by atoms with Crippen LogP contribution in [0.5, 0.6) is 0 Å². The van der Waals surface area contributed by atoms with Crippen molar-refractivity contribution in [2.45, 2.75) is 38.5 Å². The van der Waals surface area contributed by atoms with Crippen molar-refractivity contribution in [3.05, 3.63) is 35.5 Å². The molecule has 4 heteroatoms. The van der Waals surface area contributed by atoms with Crippen LogP contribution in [0.4, 0.5) is 0 Å². The Hall–Kier alpha value is -1.84. The number of hydrogen-bond donors (Lipinski definition) is 1. The third kappa shape index (κ3) is 4.08. The molecule has 4 nitrogen and oxygen atoms in total. The Morgan fingerprint density at radius 1 is 1.15 bits per heavy atom. The third-order valence-electron chi connectivity index (χ3n) is 3.80. The summed E-state index contributed by atoms with van der Waals surface area (Å²) < 4.78 is 5.21. The molecular formula is C16H20O4. The van der Waals surface area contributed by atoms with Gasteiger partial charge in [0.05, 0.1) is 0 Å². The highest BCUT2D eigenvalue weighted by molar-refractivity contribution is 5.90. The van der Waals surface area contributed by atoms with Gasteiger partial charge < -0.3 is 9.84 Å². The van der Waals surface area contributed by atoms with Crippen LogP contribution < -0.4 is 0 Å². The summed E-state index contributed by atoms with van der Waals surface area (Å²) in [5.74, 6) is -1.53. The second-order valence-corrected chi connectivity index (χ2v) is 5.20. The van der Waals surface area contributed by atoms with Gasteiger partial charge in [0, 0.05) is 18.1 Å². The number of hydrogen-bond acceptors (Lipinski definition) is 3. The summed E-state index contributed by atoms with van der Waals surface area (Å²) in [4.78, 5) is 21.8. The maximum atomic E-state index is 11.5. The van der Waals surface area contributed by atoms with Crippen molar-refractivity contribution in [1.29, 1.82) is 0 Å². The van der Waals surface area contributed by atoms with Gasteiger partial charge in [0.25, 0.3) is 0 Å². The maximum Gasteiger partial charge on any atom is 0.331 e. The van der Waals surface area contributed by atoms with Crippen molar-refractivity contribution in [3.8, 4) is 0 Å². The van der Waals surface area contributed by atoms with Gasteiger partial charge in [-0.05, 0) is 38.5 Å². The van der Waals surface area contributed by atoms with Crippen LogP contribution in [0, 0.1) is 5.92 Å². The number of esters is 1. The van der Waals surface area contributed by atoms with Crippen LogP contribution in [-0.4, -0.2) is 23.7 Å². The average Bonchev–Trinajstić information content (AvgIpc) is 3.09. The molecule has 0 saturated heterocycles. The lowest BCUT2D eigenvalue weighted by Gasteiger charge is -2.19. The lowest BCUT2D eigenvalue weighted by Crippen LogP contribution is -2.16. The number of carboxylic acid groups (broad SMARTS) is 1. The first-order valence-electron chi connectivity index (χ1n) is 7.12. The topological polar surface area (TPSA) is 63.6 Å². The largest absolute Gasteiger partial charge is 0.478 e. The Labute approximate surface area is 118 Å². The van der Waals surface area contributed by atoms with E-state index in [1.807, 2.05) is 0 Å². The smallest absolute Gasteiger partial charge is 0.331 e. The summed E-state index contributed by atoms with van der Waals surface area (Å²) >= 11 is 0. The normalized spacial score (nSPS) is 18.4. The molecular weight excluding hydrogens is 256 g/mol. The van der Waals surface area contributed by atoms with E-state index in [-0.39, 0.29) is 5.92 Å². The van der Waals surface area contributed by atoms with Crippen molar-refractivity contribution in [3.63, 3.8) is 0 Å². The molecule has 0 aromatic rings. The molecule has 0 saturated carbocycles. The number of ether oxygens (including phenoxy) is 1. The molecule has 0 heterocycles. The minimum Gasteiger partial charge on any atom is -0.478 e. The zero-order valence-corrected chi connectivity index (χ0v) is 11.5. The summed E-state index contributed by atoms with van der Waals surface area (Å²) in [6.45, 7) is 0.320. The Bertz CT molecular complexity index is 447. The molecule has 108 valence electrons. The number of aliphatic carboxylic acids is 1. The second kappa shape index (κ2) is 7.08. The van der Waals surface area contributed by atoms with Gasteiger partial charge in [-0.2, -0.15) is 0 Å². The first-order valence-corrected chi connectivity index (χ1v) is 7.12. The highest BCUT2D eigenvalue weighted by atomic mass is 16.5. The minimum atomic E-state index is -1.14. The van der Waals surface area contributed by atoms with Crippen LogP contribution in [0.1, 0.15) is 38.5 Å². The first kappa shape index (κ1) is 14.6. The van der Waals surface area contributed by atoms with Gasteiger partial charge in [-0.3, -0.25) is 0 Å². The fourth-order valence-electron chi connectivity index (χ4n) is 2.83. The molecule has 0 aromatic heterocycles. The summed E-state index contributed by atoms with van der Waals surface area (Å²) in [5, 5.41) is 8.47. The predicted octanol–water partition coefficient (Wildman–Crippen LogP) is 3.01. The molecule has 0 unspecified atom stereocenters. The number of allylic oxidation sites excluding steroid dienone is 2. The number of carbonyl (C=O) groups excluding carboxylic acids is 1. The zero-order chi connectivity index (χ0) is 14.4. The van der Waals surface area contributed by atoms with Crippen molar-refractivity contribution >= 4 is 11.9 Å². The Morgan fingerprint density at radius 3 is 2.20 bits per heavy atom. The van der Waals surface area contributed by atoms with Crippen molar-refractivity contribution in [2.24, 2.45) is 5.92 Å². The lowest BCUT2D eigenvalue weighted by molar-refractivity contribution is -0.139. The molecule has 0 aromatic carbocycles. The molecule has 0 atom stereocenters. The van der Waals surface area contributed by atoms with E-state index in [1.165, 1.54) is 24.0 Å². The molecule has 0 aliphatic heterocycles. The van der Waals surface area contributed by atoms with Crippen LogP contribution in [0.15, 0.2) is 35.5 Å². The van der Waals surface area contributed by atoms with Gasteiger partial charge in [0.2, 0.25) is 0 Å². The minimum absolute atomic E-state index is 0.196. The van der Waals surface area contributed by atoms with Crippen LogP contribution in [0.2, 0.25) is 0 Å². The molecule has 0 bridgehead atoms. The summed E-state index contributed by atoms with van der Waals surface area (Å²) in [7, 11) is 0. The monoisotopic (exact) mass is 276 g/mol. The number of rotatable bonds is 6. The van der Waals surface area contributed by atoms with E-state index in [0.29, 0.717) is 6.61 Å². The molecule has 0 radical (unpaired) electrons. The van der Waals surface area contributed by atoms with Gasteiger partial charge >= 0.3 is 11.9 Å². The molecule has 2 aliphatic rings. The van der Waals surface area contributed by atoms with Crippen LogP contribution >= 0.6 is 0 Å². The van der Waals surface area contributed by atoms with Crippen molar-refractivity contribution < 1.29 is 19.4 Å². The molecule has 2 aliphatic carbocycles. The van der Waals surface area contributed by atoms with E-state index in [0.717, 1.165) is 37.8 Å². The van der Waals surface area contributed by atoms with E-state index < -0.39 is 11.9 Å². The Morgan fingerprint density at radius 2 is 1.75 bits per heavy atom. The van der Waals surface area contributed by atoms with Crippen molar-refractivity contribution in [1.82, 2.24) is 0 Å². The van der Waals surface area contributed by atoms with Crippen LogP contribution in [-0.2, 0) is 14.3 Å². The van der Waals surface area contributed by atoms with Crippen molar-refractivity contribution in [2.75, 3.05) is 6.61 Å². The summed E-state index contributed by atoms with van der Waals surface area (Å²) in [5.41, 5.74) is 2.74. The highest BCUT2D eigenvalue weighted by Crippen LogP contribution is 2.35. The van der Waals surface area contributed by atoms with Gasteiger partial charge in [-0.1, -0.05) is 23.3 Å². The van der Waals surface area contributed by atoms with Gasteiger partial charge in [0.15, 0.2) is 0 Å². The van der Waals surface area contributed by atoms with E-state index in [9.17, 15) is 9.59 Å². The Balaban J connectivity index is 1.94. The fraction of sp³-hybridized carbons (Fsp3) is 0.500. The quantitative estimate of drug-likeness (QED) is 0.460. The first-order chi connectivity index (χ1) is 9.66. The van der Waals surface area contributed by atoms with Gasteiger partial charge in [0.1, 0.15) is 6.61 Å². The van der Waals surface area contributed by atoms with E-state index in [2.05, 4.69) is 12.2 Å². The SMILES string of the molecule is O=C(O)/C=C\C(=O)OCC(C1=CCCC1)C1=CCCC1. The standard InChI is InChI=1S/C16H20O4/c17-15(18)9-10-16(19)20-11-14(12-5-1-2-6-12)13-7-3-4-8-13/h5,7,9-10,14H,1-4,6,8,11H2,(H,17,18)/b10-9-. The number of carboxylic acids is 1. The molecule has 0 fully saturated rings. The van der Waals surface area contributed by atoms with Crippen LogP contribution in [0.25, 0.3) is 0 Å². The van der Waals surface area contributed by atoms with E-state index >= 15 is 0 Å². The van der Waals surface area contributed by atoms with E-state index in [1.54, 1.807) is 0 Å². The summed E-state index contributed by atoms with van der Waals surface area (Å²) in [6.07, 6.45) is 13.0. The molecule has 0 spiro atoms. The van der Waals surface area contributed by atoms with Crippen LogP contribution in [0.3, 0.4) is 0 Å². The lowest BCUT2D eigenvalue weighted by atomic mass is 9.90. The van der Waals surface area contributed by atoms with E-state index in [4.69, 9.17) is 9.84 Å². The van der Waals surface area contributed by atoms with Gasteiger partial charge in [-0.15, -0.1) is 0 Å². The van der Waals surface area contributed by atoms with Gasteiger partial charge in [-0.25, -0.2) is 9.59 Å². The molecule has 2 rings (SSSR count).